The molecule has 2 aliphatic heterocycles. The molecule has 4 rings (SSSR count). The van der Waals surface area contributed by atoms with E-state index in [4.69, 9.17) is 46.7 Å². The number of hydrogen-bond acceptors (Lipinski definition) is 18. The summed E-state index contributed by atoms with van der Waals surface area (Å²) in [4.78, 5) is 81.1. The molecule has 18 nitrogen and oxygen atoms in total. The zero-order valence-corrected chi connectivity index (χ0v) is 38.0. The van der Waals surface area contributed by atoms with Crippen molar-refractivity contribution >= 4 is 49.2 Å². The van der Waals surface area contributed by atoms with Crippen molar-refractivity contribution in [1.82, 2.24) is 0 Å². The maximum Gasteiger partial charge on any atom is 0.477 e. The second kappa shape index (κ2) is 25.5. The number of ketones is 2. The number of phosphoric ester groups is 1. The van der Waals surface area contributed by atoms with Gasteiger partial charge in [-0.15, -0.1) is 0 Å². The van der Waals surface area contributed by atoms with Crippen LogP contribution in [0.3, 0.4) is 0 Å². The van der Waals surface area contributed by atoms with Gasteiger partial charge in [-0.05, 0) is 25.0 Å². The van der Waals surface area contributed by atoms with Gasteiger partial charge in [0.25, 0.3) is 0 Å². The monoisotopic (exact) mass is 906 g/mol. The first-order chi connectivity index (χ1) is 29.7. The Kier molecular flexibility index (Phi) is 21.2. The zero-order valence-electron chi connectivity index (χ0n) is 37.1. The Morgan fingerprint density at radius 2 is 0.889 bits per heavy atom. The van der Waals surface area contributed by atoms with Crippen LogP contribution in [0, 0.1) is 23.7 Å². The average Bonchev–Trinajstić information content (AvgIpc) is 3.20. The molecule has 0 N–H and O–H groups in total. The molecule has 0 radical (unpaired) electrons. The van der Waals surface area contributed by atoms with E-state index in [9.17, 15) is 38.1 Å². The highest BCUT2D eigenvalue weighted by atomic mass is 31.2. The largest absolute Gasteiger partial charge is 0.477 e. The molecule has 348 valence electrons. The molecule has 0 amide bonds. The van der Waals surface area contributed by atoms with Crippen LogP contribution in [-0.4, -0.2) is 91.6 Å². The van der Waals surface area contributed by atoms with Crippen molar-refractivity contribution < 1.29 is 84.9 Å². The summed E-state index contributed by atoms with van der Waals surface area (Å²) < 4.78 is 69.5. The summed E-state index contributed by atoms with van der Waals surface area (Å²) in [6.07, 6.45) is -5.45. The molecule has 0 aromatic heterocycles. The highest BCUT2D eigenvalue weighted by Crippen LogP contribution is 2.54. The summed E-state index contributed by atoms with van der Waals surface area (Å²) in [5, 5.41) is 0. The van der Waals surface area contributed by atoms with Crippen molar-refractivity contribution in [3.05, 3.63) is 71.8 Å². The predicted molar refractivity (Wildman–Crippen MR) is 221 cm³/mol. The molecule has 63 heavy (non-hydrogen) atoms. The number of carbonyl (C=O) groups is 7. The molecular weight excluding hydrogens is 847 g/mol. The number of carbonyl (C=O) groups excluding carboxylic acids is 7. The van der Waals surface area contributed by atoms with Crippen LogP contribution in [0.1, 0.15) is 86.3 Å². The smallest absolute Gasteiger partial charge is 0.463 e. The summed E-state index contributed by atoms with van der Waals surface area (Å²) in [5.74, 6) is -5.35. The molecule has 4 unspecified atom stereocenters. The summed E-state index contributed by atoms with van der Waals surface area (Å²) in [5.41, 5.74) is 1.46. The normalized spacial score (nSPS) is 25.5. The van der Waals surface area contributed by atoms with Crippen LogP contribution in [0.15, 0.2) is 60.7 Å². The van der Waals surface area contributed by atoms with Gasteiger partial charge in [-0.3, -0.25) is 37.5 Å². The van der Waals surface area contributed by atoms with Gasteiger partial charge in [0.2, 0.25) is 6.29 Å². The summed E-state index contributed by atoms with van der Waals surface area (Å²) in [6.45, 7) is 12.1. The van der Waals surface area contributed by atoms with Gasteiger partial charge in [-0.2, -0.15) is 0 Å². The molecule has 10 atom stereocenters. The van der Waals surface area contributed by atoms with Gasteiger partial charge in [-0.1, -0.05) is 74.5 Å². The fourth-order valence-electron chi connectivity index (χ4n) is 7.01. The van der Waals surface area contributed by atoms with Gasteiger partial charge in [0.1, 0.15) is 49.2 Å². The Labute approximate surface area is 367 Å². The number of phosphoric acid groups is 1. The molecule has 19 heteroatoms. The second-order valence-electron chi connectivity index (χ2n) is 15.4. The predicted octanol–water partition coefficient (Wildman–Crippen LogP) is 6.00. The van der Waals surface area contributed by atoms with Crippen molar-refractivity contribution in [2.45, 2.75) is 125 Å². The SMILES string of the molecule is CC(=O)CC1[C@@H](OC(C)=O)OC(COC(C)=O)[C@H](C)[C@@H]1OC(C)=O.CC(=O)CC1[C@@H](OP(=O)(OCc2ccccc2)OCc2ccccc2)OC(COC(C)=O)[C@H](C)[C@@H]1OC(C)=O. The molecule has 2 aromatic rings. The number of hydrogen-bond donors (Lipinski definition) is 0. The Morgan fingerprint density at radius 1 is 0.524 bits per heavy atom. The molecule has 2 fully saturated rings. The highest BCUT2D eigenvalue weighted by molar-refractivity contribution is 7.48. The van der Waals surface area contributed by atoms with Crippen LogP contribution in [0.25, 0.3) is 0 Å². The van der Waals surface area contributed by atoms with E-state index < -0.39 is 92.4 Å². The Balaban J connectivity index is 0.000000378. The van der Waals surface area contributed by atoms with Crippen molar-refractivity contribution in [3.8, 4) is 0 Å². The number of benzene rings is 2. The molecule has 2 aliphatic rings. The van der Waals surface area contributed by atoms with E-state index in [1.165, 1.54) is 48.5 Å². The second-order valence-corrected chi connectivity index (χ2v) is 17.0. The third-order valence-corrected chi connectivity index (χ3v) is 11.3. The number of esters is 5. The van der Waals surface area contributed by atoms with Gasteiger partial charge in [-0.25, -0.2) is 4.57 Å². The standard InChI is InChI=1S/C28H35O10P.C16H24O8/c1-19(29)15-25-27(36-22(4)31)20(2)26(18-33-21(3)30)37-28(25)38-39(32,34-16-23-11-7-5-8-12-23)35-17-24-13-9-6-10-14-24;1-8(17)6-13-15(22-11(4)19)9(2)14(7-21-10(3)18)24-16(13)23-12(5)20/h5-14,20,25-28H,15-18H2,1-4H3;9,13-16H,6-7H2,1-5H3/t20-,25?,26?,27-,28+;9-,13?,14?,15-,16-/m00/s1. The van der Waals surface area contributed by atoms with E-state index in [-0.39, 0.29) is 56.8 Å². The molecule has 2 aromatic carbocycles. The molecule has 0 saturated carbocycles. The molecule has 0 spiro atoms. The van der Waals surface area contributed by atoms with E-state index >= 15 is 0 Å². The van der Waals surface area contributed by atoms with Crippen LogP contribution in [0.4, 0.5) is 0 Å². The quantitative estimate of drug-likeness (QED) is 0.0894. The van der Waals surface area contributed by atoms with Crippen molar-refractivity contribution in [1.29, 1.82) is 0 Å². The first-order valence-corrected chi connectivity index (χ1v) is 21.9. The molecular formula is C44H59O18P. The Morgan fingerprint density at radius 3 is 1.24 bits per heavy atom. The number of ether oxygens (including phenoxy) is 7. The van der Waals surface area contributed by atoms with Crippen LogP contribution in [0.2, 0.25) is 0 Å². The van der Waals surface area contributed by atoms with Crippen LogP contribution in [-0.2, 0) is 98.1 Å². The Bertz CT molecular complexity index is 1840. The number of rotatable bonds is 19. The minimum absolute atomic E-state index is 0.0283. The van der Waals surface area contributed by atoms with Crippen LogP contribution in [0.5, 0.6) is 0 Å². The van der Waals surface area contributed by atoms with Crippen molar-refractivity contribution in [3.63, 3.8) is 0 Å². The Hall–Kier alpha value is -4.84. The molecule has 0 aliphatic carbocycles. The van der Waals surface area contributed by atoms with Gasteiger partial charge >= 0.3 is 37.7 Å². The summed E-state index contributed by atoms with van der Waals surface area (Å²) in [7, 11) is -4.33. The lowest BCUT2D eigenvalue weighted by Gasteiger charge is -2.44. The topological polar surface area (TPSA) is 229 Å². The lowest BCUT2D eigenvalue weighted by atomic mass is 9.82. The molecule has 2 heterocycles. The van der Waals surface area contributed by atoms with E-state index in [2.05, 4.69) is 0 Å². The lowest BCUT2D eigenvalue weighted by Crippen LogP contribution is -2.54. The van der Waals surface area contributed by atoms with Gasteiger partial charge in [0.05, 0.1) is 25.0 Å². The lowest BCUT2D eigenvalue weighted by molar-refractivity contribution is -0.266. The van der Waals surface area contributed by atoms with Gasteiger partial charge < -0.3 is 42.7 Å². The third-order valence-electron chi connectivity index (χ3n) is 9.90. The molecule has 2 saturated heterocycles. The minimum Gasteiger partial charge on any atom is -0.463 e. The first-order valence-electron chi connectivity index (χ1n) is 20.4. The van der Waals surface area contributed by atoms with E-state index in [0.717, 1.165) is 11.1 Å². The van der Waals surface area contributed by atoms with Crippen LogP contribution < -0.4 is 0 Å². The van der Waals surface area contributed by atoms with Gasteiger partial charge in [0.15, 0.2) is 6.29 Å². The first kappa shape index (κ1) is 52.5. The summed E-state index contributed by atoms with van der Waals surface area (Å²) >= 11 is 0. The third kappa shape index (κ3) is 18.0. The molecule has 0 bridgehead atoms. The van der Waals surface area contributed by atoms with E-state index in [1.807, 2.05) is 36.4 Å². The average molecular weight is 907 g/mol. The van der Waals surface area contributed by atoms with E-state index in [1.54, 1.807) is 38.1 Å². The maximum atomic E-state index is 14.0. The zero-order chi connectivity index (χ0) is 46.9. The fraction of sp³-hybridized carbons (Fsp3) is 0.568. The summed E-state index contributed by atoms with van der Waals surface area (Å²) in [6, 6.07) is 18.1. The minimum atomic E-state index is -4.33. The van der Waals surface area contributed by atoms with E-state index in [0.29, 0.717) is 0 Å². The fourth-order valence-corrected chi connectivity index (χ4v) is 8.28. The van der Waals surface area contributed by atoms with Crippen molar-refractivity contribution in [2.75, 3.05) is 13.2 Å². The van der Waals surface area contributed by atoms with Crippen LogP contribution >= 0.6 is 7.82 Å². The maximum absolute atomic E-state index is 14.0. The number of Topliss-reactive ketones (excluding diaryl/α,β-unsaturated/α-hetero) is 2. The van der Waals surface area contributed by atoms with Crippen molar-refractivity contribution in [2.24, 2.45) is 23.7 Å². The highest BCUT2D eigenvalue weighted by Gasteiger charge is 2.50. The van der Waals surface area contributed by atoms with Gasteiger partial charge in [0, 0.05) is 59.3 Å².